The van der Waals surface area contributed by atoms with Crippen LogP contribution in [0.5, 0.6) is 5.75 Å². The van der Waals surface area contributed by atoms with Gasteiger partial charge in [0.05, 0.1) is 14.2 Å². The van der Waals surface area contributed by atoms with Crippen LogP contribution < -0.4 is 4.74 Å². The summed E-state index contributed by atoms with van der Waals surface area (Å²) in [5.74, 6) is 1.49. The van der Waals surface area contributed by atoms with Crippen molar-refractivity contribution in [2.24, 2.45) is 7.05 Å². The van der Waals surface area contributed by atoms with Crippen LogP contribution in [0.3, 0.4) is 0 Å². The Morgan fingerprint density at radius 1 is 1.33 bits per heavy atom. The van der Waals surface area contributed by atoms with E-state index in [4.69, 9.17) is 4.74 Å². The number of rotatable bonds is 2. The van der Waals surface area contributed by atoms with Gasteiger partial charge in [-0.2, -0.15) is 4.80 Å². The highest BCUT2D eigenvalue weighted by Crippen LogP contribution is 2.23. The second-order valence-corrected chi connectivity index (χ2v) is 3.29. The molecule has 5 heteroatoms. The van der Waals surface area contributed by atoms with Crippen LogP contribution in [0.2, 0.25) is 0 Å². The molecule has 0 N–H and O–H groups in total. The van der Waals surface area contributed by atoms with Gasteiger partial charge in [-0.15, -0.1) is 10.2 Å². The summed E-state index contributed by atoms with van der Waals surface area (Å²) in [5.41, 5.74) is 2.00. The highest BCUT2D eigenvalue weighted by Gasteiger charge is 2.06. The molecule has 0 aliphatic rings. The van der Waals surface area contributed by atoms with Gasteiger partial charge in [0, 0.05) is 5.56 Å². The summed E-state index contributed by atoms with van der Waals surface area (Å²) < 4.78 is 5.18. The fourth-order valence-corrected chi connectivity index (χ4v) is 1.42. The fourth-order valence-electron chi connectivity index (χ4n) is 1.42. The van der Waals surface area contributed by atoms with Gasteiger partial charge in [0.2, 0.25) is 5.82 Å². The minimum absolute atomic E-state index is 0.628. The molecular weight excluding hydrogens is 192 g/mol. The lowest BCUT2D eigenvalue weighted by atomic mass is 10.1. The number of aromatic nitrogens is 4. The highest BCUT2D eigenvalue weighted by atomic mass is 16.5. The Hall–Kier alpha value is -1.91. The van der Waals surface area contributed by atoms with Crippen molar-refractivity contribution in [3.63, 3.8) is 0 Å². The van der Waals surface area contributed by atoms with E-state index < -0.39 is 0 Å². The molecule has 0 amide bonds. The van der Waals surface area contributed by atoms with Crippen molar-refractivity contribution in [1.82, 2.24) is 20.2 Å². The summed E-state index contributed by atoms with van der Waals surface area (Å²) in [6.07, 6.45) is 0. The Kier molecular flexibility index (Phi) is 2.37. The van der Waals surface area contributed by atoms with E-state index in [9.17, 15) is 0 Å². The summed E-state index contributed by atoms with van der Waals surface area (Å²) >= 11 is 0. The SMILES string of the molecule is COc1ccc(-c2nnn(C)n2)cc1C. The average molecular weight is 204 g/mol. The third-order valence-electron chi connectivity index (χ3n) is 2.16. The number of hydrogen-bond acceptors (Lipinski definition) is 4. The third kappa shape index (κ3) is 1.81. The molecule has 5 nitrogen and oxygen atoms in total. The van der Waals surface area contributed by atoms with Crippen molar-refractivity contribution in [2.75, 3.05) is 7.11 Å². The Balaban J connectivity index is 2.42. The van der Waals surface area contributed by atoms with Gasteiger partial charge in [0.15, 0.2) is 0 Å². The van der Waals surface area contributed by atoms with Crippen LogP contribution in [-0.2, 0) is 7.05 Å². The molecule has 78 valence electrons. The van der Waals surface area contributed by atoms with Gasteiger partial charge >= 0.3 is 0 Å². The summed E-state index contributed by atoms with van der Waals surface area (Å²) in [7, 11) is 3.40. The summed E-state index contributed by atoms with van der Waals surface area (Å²) in [4.78, 5) is 1.44. The van der Waals surface area contributed by atoms with Crippen molar-refractivity contribution in [2.45, 2.75) is 6.92 Å². The van der Waals surface area contributed by atoms with Crippen molar-refractivity contribution in [1.29, 1.82) is 0 Å². The first-order valence-electron chi connectivity index (χ1n) is 4.59. The van der Waals surface area contributed by atoms with Gasteiger partial charge < -0.3 is 4.74 Å². The summed E-state index contributed by atoms with van der Waals surface area (Å²) in [5, 5.41) is 11.9. The van der Waals surface area contributed by atoms with E-state index in [-0.39, 0.29) is 0 Å². The van der Waals surface area contributed by atoms with Crippen LogP contribution in [0.1, 0.15) is 5.56 Å². The van der Waals surface area contributed by atoms with Crippen LogP contribution in [-0.4, -0.2) is 27.3 Å². The van der Waals surface area contributed by atoms with Crippen LogP contribution >= 0.6 is 0 Å². The van der Waals surface area contributed by atoms with Crippen LogP contribution in [0.4, 0.5) is 0 Å². The maximum Gasteiger partial charge on any atom is 0.204 e. The molecule has 0 saturated carbocycles. The lowest BCUT2D eigenvalue weighted by molar-refractivity contribution is 0.412. The van der Waals surface area contributed by atoms with Crippen molar-refractivity contribution in [3.8, 4) is 17.1 Å². The molecular formula is C10H12N4O. The van der Waals surface area contributed by atoms with E-state index in [1.165, 1.54) is 4.80 Å². The van der Waals surface area contributed by atoms with Gasteiger partial charge in [-0.3, -0.25) is 0 Å². The van der Waals surface area contributed by atoms with Gasteiger partial charge in [-0.05, 0) is 35.9 Å². The first-order valence-corrected chi connectivity index (χ1v) is 4.59. The maximum absolute atomic E-state index is 5.18. The minimum atomic E-state index is 0.628. The Morgan fingerprint density at radius 3 is 2.67 bits per heavy atom. The fraction of sp³-hybridized carbons (Fsp3) is 0.300. The number of hydrogen-bond donors (Lipinski definition) is 0. The normalized spacial score (nSPS) is 10.3. The molecule has 0 aliphatic carbocycles. The standard InChI is InChI=1S/C10H12N4O/c1-7-6-8(4-5-9(7)15-3)10-11-13-14(2)12-10/h4-6H,1-3H3. The molecule has 0 atom stereocenters. The van der Waals surface area contributed by atoms with Crippen molar-refractivity contribution < 1.29 is 4.74 Å². The summed E-state index contributed by atoms with van der Waals surface area (Å²) in [6, 6.07) is 5.81. The number of methoxy groups -OCH3 is 1. The topological polar surface area (TPSA) is 52.8 Å². The number of tetrazole rings is 1. The second-order valence-electron chi connectivity index (χ2n) is 3.29. The number of aryl methyl sites for hydroxylation is 2. The zero-order valence-electron chi connectivity index (χ0n) is 8.93. The monoisotopic (exact) mass is 204 g/mol. The smallest absolute Gasteiger partial charge is 0.204 e. The van der Waals surface area contributed by atoms with Crippen LogP contribution in [0, 0.1) is 6.92 Å². The molecule has 2 rings (SSSR count). The molecule has 0 aliphatic heterocycles. The minimum Gasteiger partial charge on any atom is -0.496 e. The maximum atomic E-state index is 5.18. The zero-order chi connectivity index (χ0) is 10.8. The average Bonchev–Trinajstić information content (AvgIpc) is 2.65. The number of nitrogens with zero attached hydrogens (tertiary/aromatic N) is 4. The molecule has 1 aromatic carbocycles. The van der Waals surface area contributed by atoms with Crippen LogP contribution in [0.15, 0.2) is 18.2 Å². The molecule has 1 heterocycles. The predicted molar refractivity (Wildman–Crippen MR) is 55.5 cm³/mol. The molecule has 15 heavy (non-hydrogen) atoms. The van der Waals surface area contributed by atoms with E-state index in [1.807, 2.05) is 25.1 Å². The first kappa shape index (κ1) is 9.64. The van der Waals surface area contributed by atoms with Crippen LogP contribution in [0.25, 0.3) is 11.4 Å². The van der Waals surface area contributed by atoms with Crippen molar-refractivity contribution in [3.05, 3.63) is 23.8 Å². The molecule has 0 saturated heterocycles. The molecule has 0 unspecified atom stereocenters. The number of benzene rings is 1. The number of ether oxygens (including phenoxy) is 1. The van der Waals surface area contributed by atoms with E-state index in [0.717, 1.165) is 16.9 Å². The lowest BCUT2D eigenvalue weighted by Crippen LogP contribution is -1.92. The molecule has 0 radical (unpaired) electrons. The van der Waals surface area contributed by atoms with E-state index in [1.54, 1.807) is 14.2 Å². The Labute approximate surface area is 87.7 Å². The van der Waals surface area contributed by atoms with Gasteiger partial charge in [0.1, 0.15) is 5.75 Å². The predicted octanol–water partition coefficient (Wildman–Crippen LogP) is 1.19. The van der Waals surface area contributed by atoms with Gasteiger partial charge in [-0.25, -0.2) is 0 Å². The quantitative estimate of drug-likeness (QED) is 0.737. The van der Waals surface area contributed by atoms with E-state index in [0.29, 0.717) is 5.82 Å². The Bertz CT molecular complexity index is 478. The van der Waals surface area contributed by atoms with Gasteiger partial charge in [-0.1, -0.05) is 0 Å². The highest BCUT2D eigenvalue weighted by molar-refractivity contribution is 5.57. The third-order valence-corrected chi connectivity index (χ3v) is 2.16. The molecule has 2 aromatic rings. The Morgan fingerprint density at radius 2 is 2.13 bits per heavy atom. The summed E-state index contributed by atoms with van der Waals surface area (Å²) in [6.45, 7) is 1.98. The molecule has 1 aromatic heterocycles. The zero-order valence-corrected chi connectivity index (χ0v) is 8.93. The van der Waals surface area contributed by atoms with Crippen molar-refractivity contribution >= 4 is 0 Å². The largest absolute Gasteiger partial charge is 0.496 e. The van der Waals surface area contributed by atoms with Gasteiger partial charge in [0.25, 0.3) is 0 Å². The second kappa shape index (κ2) is 3.68. The van der Waals surface area contributed by atoms with E-state index in [2.05, 4.69) is 15.4 Å². The molecule has 0 bridgehead atoms. The first-order chi connectivity index (χ1) is 7.20. The molecule has 0 spiro atoms. The molecule has 0 fully saturated rings. The van der Waals surface area contributed by atoms with E-state index >= 15 is 0 Å². The lowest BCUT2D eigenvalue weighted by Gasteiger charge is -2.04.